The van der Waals surface area contributed by atoms with Crippen LogP contribution < -0.4 is 0 Å². The van der Waals surface area contributed by atoms with Gasteiger partial charge in [0.15, 0.2) is 0 Å². The Balaban J connectivity index is 1.55. The van der Waals surface area contributed by atoms with Gasteiger partial charge in [0, 0.05) is 39.0 Å². The summed E-state index contributed by atoms with van der Waals surface area (Å²) < 4.78 is 0. The first kappa shape index (κ1) is 18.0. The molecule has 6 heteroatoms. The number of carbonyl (C=O) groups excluding carboxylic acids is 1. The maximum Gasteiger partial charge on any atom is 0.265 e. The number of thiazole rings is 1. The molecule has 1 amide bonds. The number of hydrogen-bond acceptors (Lipinski definition) is 5. The molecule has 134 valence electrons. The third-order valence-corrected chi connectivity index (χ3v) is 5.91. The number of pyridine rings is 1. The number of likely N-dealkylation sites (tertiary alicyclic amines) is 1. The lowest BCUT2D eigenvalue weighted by molar-refractivity contribution is 0.0800. The molecule has 1 saturated heterocycles. The molecule has 0 unspecified atom stereocenters. The SMILES string of the molecule is Cc1nc(CCN2CCCC2)sc1C(=O)N(C)CCc1ccncc1. The second-order valence-electron chi connectivity index (χ2n) is 6.65. The predicted molar refractivity (Wildman–Crippen MR) is 101 cm³/mol. The minimum atomic E-state index is 0.0801. The van der Waals surface area contributed by atoms with Gasteiger partial charge in [-0.2, -0.15) is 0 Å². The molecular formula is C19H26N4OS. The van der Waals surface area contributed by atoms with Gasteiger partial charge in [-0.3, -0.25) is 9.78 Å². The van der Waals surface area contributed by atoms with Crippen molar-refractivity contribution in [2.24, 2.45) is 0 Å². The number of carbonyl (C=O) groups is 1. The van der Waals surface area contributed by atoms with Crippen LogP contribution in [0.15, 0.2) is 24.5 Å². The van der Waals surface area contributed by atoms with E-state index in [2.05, 4.69) is 14.9 Å². The van der Waals surface area contributed by atoms with Crippen molar-refractivity contribution in [3.05, 3.63) is 45.7 Å². The van der Waals surface area contributed by atoms with Crippen LogP contribution in [-0.2, 0) is 12.8 Å². The van der Waals surface area contributed by atoms with Crippen molar-refractivity contribution in [2.75, 3.05) is 33.2 Å². The third-order valence-electron chi connectivity index (χ3n) is 4.71. The van der Waals surface area contributed by atoms with Gasteiger partial charge < -0.3 is 9.80 Å². The summed E-state index contributed by atoms with van der Waals surface area (Å²) in [4.78, 5) is 26.5. The molecule has 2 aromatic heterocycles. The van der Waals surface area contributed by atoms with Gasteiger partial charge >= 0.3 is 0 Å². The highest BCUT2D eigenvalue weighted by atomic mass is 32.1. The van der Waals surface area contributed by atoms with Gasteiger partial charge in [-0.05, 0) is 57.0 Å². The molecule has 5 nitrogen and oxygen atoms in total. The van der Waals surface area contributed by atoms with E-state index in [1.807, 2.05) is 26.1 Å². The third kappa shape index (κ3) is 4.86. The van der Waals surface area contributed by atoms with Gasteiger partial charge in [0.1, 0.15) is 4.88 Å². The van der Waals surface area contributed by atoms with Crippen molar-refractivity contribution in [1.29, 1.82) is 0 Å². The molecule has 2 aromatic rings. The van der Waals surface area contributed by atoms with Gasteiger partial charge in [-0.1, -0.05) is 0 Å². The fraction of sp³-hybridized carbons (Fsp3) is 0.526. The summed E-state index contributed by atoms with van der Waals surface area (Å²) in [5.74, 6) is 0.0801. The van der Waals surface area contributed by atoms with E-state index < -0.39 is 0 Å². The molecule has 0 atom stereocenters. The van der Waals surface area contributed by atoms with E-state index in [0.717, 1.165) is 35.0 Å². The van der Waals surface area contributed by atoms with Crippen LogP contribution in [-0.4, -0.2) is 58.9 Å². The van der Waals surface area contributed by atoms with Crippen LogP contribution in [0.1, 0.15) is 38.8 Å². The number of aryl methyl sites for hydroxylation is 1. The zero-order chi connectivity index (χ0) is 17.6. The van der Waals surface area contributed by atoms with Crippen molar-refractivity contribution in [3.63, 3.8) is 0 Å². The summed E-state index contributed by atoms with van der Waals surface area (Å²) in [6, 6.07) is 3.99. The highest BCUT2D eigenvalue weighted by Crippen LogP contribution is 2.21. The minimum Gasteiger partial charge on any atom is -0.341 e. The monoisotopic (exact) mass is 358 g/mol. The molecule has 1 fully saturated rings. The van der Waals surface area contributed by atoms with Crippen LogP contribution in [0.25, 0.3) is 0 Å². The van der Waals surface area contributed by atoms with Gasteiger partial charge in [-0.25, -0.2) is 4.98 Å². The summed E-state index contributed by atoms with van der Waals surface area (Å²) >= 11 is 1.56. The molecule has 25 heavy (non-hydrogen) atoms. The van der Waals surface area contributed by atoms with Crippen LogP contribution in [0.5, 0.6) is 0 Å². The maximum absolute atomic E-state index is 12.7. The molecule has 1 aliphatic heterocycles. The van der Waals surface area contributed by atoms with E-state index in [1.165, 1.54) is 31.5 Å². The lowest BCUT2D eigenvalue weighted by atomic mass is 10.2. The Bertz CT molecular complexity index is 695. The average Bonchev–Trinajstić information content (AvgIpc) is 3.27. The van der Waals surface area contributed by atoms with E-state index in [4.69, 9.17) is 0 Å². The fourth-order valence-electron chi connectivity index (χ4n) is 3.14. The number of nitrogens with zero attached hydrogens (tertiary/aromatic N) is 4. The summed E-state index contributed by atoms with van der Waals surface area (Å²) in [5, 5.41) is 1.08. The first-order valence-electron chi connectivity index (χ1n) is 8.96. The first-order valence-corrected chi connectivity index (χ1v) is 9.78. The number of amides is 1. The van der Waals surface area contributed by atoms with E-state index in [1.54, 1.807) is 28.6 Å². The largest absolute Gasteiger partial charge is 0.341 e. The molecule has 0 saturated carbocycles. The lowest BCUT2D eigenvalue weighted by Gasteiger charge is -2.16. The molecule has 0 aliphatic carbocycles. The minimum absolute atomic E-state index is 0.0801. The van der Waals surface area contributed by atoms with Gasteiger partial charge in [-0.15, -0.1) is 11.3 Å². The second kappa shape index (κ2) is 8.54. The van der Waals surface area contributed by atoms with Crippen LogP contribution in [0.2, 0.25) is 0 Å². The second-order valence-corrected chi connectivity index (χ2v) is 7.74. The van der Waals surface area contributed by atoms with Gasteiger partial charge in [0.05, 0.1) is 10.7 Å². The van der Waals surface area contributed by atoms with Crippen molar-refractivity contribution >= 4 is 17.2 Å². The van der Waals surface area contributed by atoms with Crippen LogP contribution in [0.3, 0.4) is 0 Å². The molecular weight excluding hydrogens is 332 g/mol. The van der Waals surface area contributed by atoms with Gasteiger partial charge in [0.2, 0.25) is 0 Å². The van der Waals surface area contributed by atoms with E-state index in [9.17, 15) is 4.79 Å². The topological polar surface area (TPSA) is 49.3 Å². The summed E-state index contributed by atoms with van der Waals surface area (Å²) in [7, 11) is 1.87. The molecule has 0 radical (unpaired) electrons. The Morgan fingerprint density at radius 1 is 1.24 bits per heavy atom. The highest BCUT2D eigenvalue weighted by Gasteiger charge is 2.19. The Morgan fingerprint density at radius 3 is 2.68 bits per heavy atom. The molecule has 0 bridgehead atoms. The standard InChI is InChI=1S/C19H26N4OS/c1-15-18(25-17(21-15)8-14-23-11-3-4-12-23)19(24)22(2)13-7-16-5-9-20-10-6-16/h5-6,9-10H,3-4,7-8,11-14H2,1-2H3. The molecule has 0 aromatic carbocycles. The quantitative estimate of drug-likeness (QED) is 0.764. The molecule has 3 rings (SSSR count). The summed E-state index contributed by atoms with van der Waals surface area (Å²) in [6.45, 7) is 6.10. The number of hydrogen-bond donors (Lipinski definition) is 0. The normalized spacial score (nSPS) is 14.8. The first-order chi connectivity index (χ1) is 12.1. The zero-order valence-electron chi connectivity index (χ0n) is 15.1. The van der Waals surface area contributed by atoms with Crippen LogP contribution in [0.4, 0.5) is 0 Å². The zero-order valence-corrected chi connectivity index (χ0v) is 15.9. The Morgan fingerprint density at radius 2 is 1.96 bits per heavy atom. The van der Waals surface area contributed by atoms with E-state index in [0.29, 0.717) is 6.54 Å². The maximum atomic E-state index is 12.7. The smallest absolute Gasteiger partial charge is 0.265 e. The van der Waals surface area contributed by atoms with Crippen molar-refractivity contribution < 1.29 is 4.79 Å². The molecule has 1 aliphatic rings. The Hall–Kier alpha value is -1.79. The van der Waals surface area contributed by atoms with E-state index in [-0.39, 0.29) is 5.91 Å². The summed E-state index contributed by atoms with van der Waals surface area (Å²) in [5.41, 5.74) is 2.06. The fourth-order valence-corrected chi connectivity index (χ4v) is 4.19. The Kier molecular flexibility index (Phi) is 6.15. The number of rotatable bonds is 7. The number of aromatic nitrogens is 2. The average molecular weight is 359 g/mol. The van der Waals surface area contributed by atoms with Crippen molar-refractivity contribution in [2.45, 2.75) is 32.6 Å². The molecule has 0 spiro atoms. The van der Waals surface area contributed by atoms with E-state index >= 15 is 0 Å². The highest BCUT2D eigenvalue weighted by molar-refractivity contribution is 7.13. The van der Waals surface area contributed by atoms with Crippen molar-refractivity contribution in [1.82, 2.24) is 19.8 Å². The van der Waals surface area contributed by atoms with Gasteiger partial charge in [0.25, 0.3) is 5.91 Å². The summed E-state index contributed by atoms with van der Waals surface area (Å²) in [6.07, 6.45) is 7.98. The van der Waals surface area contributed by atoms with Crippen LogP contribution >= 0.6 is 11.3 Å². The predicted octanol–water partition coefficient (Wildman–Crippen LogP) is 2.80. The van der Waals surface area contributed by atoms with Crippen molar-refractivity contribution in [3.8, 4) is 0 Å². The molecule has 0 N–H and O–H groups in total. The Labute approximate surface area is 153 Å². The van der Waals surface area contributed by atoms with Crippen LogP contribution in [0, 0.1) is 6.92 Å². The molecule has 3 heterocycles. The lowest BCUT2D eigenvalue weighted by Crippen LogP contribution is -2.28. The number of likely N-dealkylation sites (N-methyl/N-ethyl adjacent to an activating group) is 1.